The van der Waals surface area contributed by atoms with Crippen molar-refractivity contribution in [1.82, 2.24) is 19.9 Å². The minimum atomic E-state index is -0.363. The van der Waals surface area contributed by atoms with Crippen LogP contribution in [-0.4, -0.2) is 45.3 Å². The number of aryl methyl sites for hydroxylation is 1. The van der Waals surface area contributed by atoms with Crippen LogP contribution in [0.1, 0.15) is 47.6 Å². The van der Waals surface area contributed by atoms with Crippen molar-refractivity contribution in [3.63, 3.8) is 0 Å². The number of halogens is 1. The maximum Gasteiger partial charge on any atom is 0.254 e. The standard InChI is InChI=1S/C22H24FN5O2/c1-14-11-16(23)8-9-18(14)24-21(29)13-27(2)22(30)15-7-10-20-19(12-15)25-26-28(20)17-5-3-4-6-17/h7-12,17H,3-6,13H2,1-2H3,(H,24,29). The van der Waals surface area contributed by atoms with E-state index in [0.717, 1.165) is 18.4 Å². The second-order valence-electron chi connectivity index (χ2n) is 7.84. The zero-order valence-corrected chi connectivity index (χ0v) is 17.1. The summed E-state index contributed by atoms with van der Waals surface area (Å²) < 4.78 is 15.2. The summed E-state index contributed by atoms with van der Waals surface area (Å²) in [5.74, 6) is -0.995. The second-order valence-corrected chi connectivity index (χ2v) is 7.84. The highest BCUT2D eigenvalue weighted by Gasteiger charge is 2.21. The van der Waals surface area contributed by atoms with E-state index in [2.05, 4.69) is 15.6 Å². The maximum absolute atomic E-state index is 13.2. The number of aromatic nitrogens is 3. The molecule has 1 aliphatic carbocycles. The van der Waals surface area contributed by atoms with Crippen LogP contribution < -0.4 is 5.32 Å². The number of benzene rings is 2. The minimum absolute atomic E-state index is 0.123. The number of hydrogen-bond acceptors (Lipinski definition) is 4. The number of carbonyl (C=O) groups is 2. The van der Waals surface area contributed by atoms with Gasteiger partial charge in [0.2, 0.25) is 5.91 Å². The molecule has 0 unspecified atom stereocenters. The number of nitrogens with zero attached hydrogens (tertiary/aromatic N) is 4. The molecule has 0 bridgehead atoms. The molecule has 0 atom stereocenters. The summed E-state index contributed by atoms with van der Waals surface area (Å²) >= 11 is 0. The van der Waals surface area contributed by atoms with E-state index < -0.39 is 0 Å². The van der Waals surface area contributed by atoms with Gasteiger partial charge in [-0.1, -0.05) is 18.1 Å². The molecule has 156 valence electrons. The first kappa shape index (κ1) is 20.0. The molecule has 0 radical (unpaired) electrons. The average Bonchev–Trinajstić information content (AvgIpc) is 3.38. The molecule has 2 amide bonds. The average molecular weight is 409 g/mol. The molecule has 8 heteroatoms. The largest absolute Gasteiger partial charge is 0.332 e. The molecule has 1 heterocycles. The van der Waals surface area contributed by atoms with Gasteiger partial charge in [0.25, 0.3) is 5.91 Å². The molecule has 7 nitrogen and oxygen atoms in total. The first-order chi connectivity index (χ1) is 14.4. The Hall–Kier alpha value is -3.29. The normalized spacial score (nSPS) is 14.2. The predicted octanol–water partition coefficient (Wildman–Crippen LogP) is 3.70. The number of anilines is 1. The summed E-state index contributed by atoms with van der Waals surface area (Å²) in [5.41, 5.74) is 3.19. The van der Waals surface area contributed by atoms with Crippen LogP contribution in [0.3, 0.4) is 0 Å². The molecular weight excluding hydrogens is 385 g/mol. The van der Waals surface area contributed by atoms with Gasteiger partial charge < -0.3 is 10.2 Å². The van der Waals surface area contributed by atoms with Gasteiger partial charge in [0.05, 0.1) is 18.1 Å². The predicted molar refractivity (Wildman–Crippen MR) is 112 cm³/mol. The van der Waals surface area contributed by atoms with Crippen LogP contribution in [0.5, 0.6) is 0 Å². The molecule has 1 aliphatic rings. The molecule has 3 aromatic rings. The summed E-state index contributed by atoms with van der Waals surface area (Å²) in [7, 11) is 1.57. The van der Waals surface area contributed by atoms with Gasteiger partial charge in [-0.05, 0) is 61.7 Å². The number of nitrogens with one attached hydrogen (secondary N) is 1. The van der Waals surface area contributed by atoms with Crippen LogP contribution >= 0.6 is 0 Å². The fraction of sp³-hybridized carbons (Fsp3) is 0.364. The van der Waals surface area contributed by atoms with Crippen molar-refractivity contribution in [2.75, 3.05) is 18.9 Å². The van der Waals surface area contributed by atoms with Gasteiger partial charge in [0.15, 0.2) is 0 Å². The van der Waals surface area contributed by atoms with E-state index in [4.69, 9.17) is 0 Å². The summed E-state index contributed by atoms with van der Waals surface area (Å²) in [5, 5.41) is 11.2. The van der Waals surface area contributed by atoms with Gasteiger partial charge in [-0.3, -0.25) is 9.59 Å². The third kappa shape index (κ3) is 4.03. The molecular formula is C22H24FN5O2. The number of likely N-dealkylation sites (N-methyl/N-ethyl adjacent to an activating group) is 1. The first-order valence-electron chi connectivity index (χ1n) is 10.1. The number of fused-ring (bicyclic) bond motifs is 1. The SMILES string of the molecule is Cc1cc(F)ccc1NC(=O)CN(C)C(=O)c1ccc2c(c1)nnn2C1CCCC1. The molecule has 2 aromatic carbocycles. The maximum atomic E-state index is 13.2. The van der Waals surface area contributed by atoms with E-state index >= 15 is 0 Å². The number of hydrogen-bond donors (Lipinski definition) is 1. The van der Waals surface area contributed by atoms with Gasteiger partial charge in [-0.2, -0.15) is 0 Å². The Morgan fingerprint density at radius 3 is 2.70 bits per heavy atom. The fourth-order valence-corrected chi connectivity index (χ4v) is 3.96. The topological polar surface area (TPSA) is 80.1 Å². The quantitative estimate of drug-likeness (QED) is 0.697. The Labute approximate surface area is 173 Å². The van der Waals surface area contributed by atoms with Crippen molar-refractivity contribution < 1.29 is 14.0 Å². The van der Waals surface area contributed by atoms with Crippen molar-refractivity contribution in [2.45, 2.75) is 38.6 Å². The van der Waals surface area contributed by atoms with Crippen LogP contribution in [0.2, 0.25) is 0 Å². The molecule has 0 saturated heterocycles. The van der Waals surface area contributed by atoms with Crippen LogP contribution in [-0.2, 0) is 4.79 Å². The zero-order chi connectivity index (χ0) is 21.3. The van der Waals surface area contributed by atoms with Crippen molar-refractivity contribution in [1.29, 1.82) is 0 Å². The van der Waals surface area contributed by atoms with Crippen LogP contribution in [0.15, 0.2) is 36.4 Å². The smallest absolute Gasteiger partial charge is 0.254 e. The summed E-state index contributed by atoms with van der Waals surface area (Å²) in [6.07, 6.45) is 4.61. The highest BCUT2D eigenvalue weighted by atomic mass is 19.1. The molecule has 30 heavy (non-hydrogen) atoms. The van der Waals surface area contributed by atoms with E-state index in [1.54, 1.807) is 26.1 Å². The lowest BCUT2D eigenvalue weighted by Crippen LogP contribution is -2.35. The van der Waals surface area contributed by atoms with Gasteiger partial charge in [-0.15, -0.1) is 5.10 Å². The Balaban J connectivity index is 1.44. The molecule has 1 aromatic heterocycles. The third-order valence-corrected chi connectivity index (χ3v) is 5.58. The van der Waals surface area contributed by atoms with Crippen molar-refractivity contribution >= 4 is 28.5 Å². The highest BCUT2D eigenvalue weighted by Crippen LogP contribution is 2.31. The first-order valence-corrected chi connectivity index (χ1v) is 10.1. The van der Waals surface area contributed by atoms with Crippen LogP contribution in [0.4, 0.5) is 10.1 Å². The Morgan fingerprint density at radius 2 is 1.97 bits per heavy atom. The summed E-state index contributed by atoms with van der Waals surface area (Å²) in [6, 6.07) is 9.84. The lowest BCUT2D eigenvalue weighted by atomic mass is 10.1. The van der Waals surface area contributed by atoms with Crippen molar-refractivity contribution in [2.24, 2.45) is 0 Å². The lowest BCUT2D eigenvalue weighted by molar-refractivity contribution is -0.116. The molecule has 0 aliphatic heterocycles. The Morgan fingerprint density at radius 1 is 1.20 bits per heavy atom. The van der Waals surface area contributed by atoms with E-state index in [1.165, 1.54) is 35.9 Å². The fourth-order valence-electron chi connectivity index (χ4n) is 3.96. The van der Waals surface area contributed by atoms with E-state index in [0.29, 0.717) is 28.4 Å². The van der Waals surface area contributed by atoms with Gasteiger partial charge in [-0.25, -0.2) is 9.07 Å². The second kappa shape index (κ2) is 8.22. The highest BCUT2D eigenvalue weighted by molar-refractivity contribution is 6.01. The molecule has 1 fully saturated rings. The van der Waals surface area contributed by atoms with E-state index in [1.807, 2.05) is 10.7 Å². The number of carbonyl (C=O) groups excluding carboxylic acids is 2. The van der Waals surface area contributed by atoms with Gasteiger partial charge >= 0.3 is 0 Å². The van der Waals surface area contributed by atoms with E-state index in [9.17, 15) is 14.0 Å². The van der Waals surface area contributed by atoms with Crippen molar-refractivity contribution in [3.8, 4) is 0 Å². The molecule has 1 N–H and O–H groups in total. The zero-order valence-electron chi connectivity index (χ0n) is 17.1. The summed E-state index contributed by atoms with van der Waals surface area (Å²) in [6.45, 7) is 1.59. The van der Waals surface area contributed by atoms with E-state index in [-0.39, 0.29) is 24.2 Å². The van der Waals surface area contributed by atoms with Gasteiger partial charge in [0, 0.05) is 18.3 Å². The van der Waals surface area contributed by atoms with Crippen LogP contribution in [0, 0.1) is 12.7 Å². The Bertz CT molecular complexity index is 1100. The lowest BCUT2D eigenvalue weighted by Gasteiger charge is -2.17. The van der Waals surface area contributed by atoms with Crippen molar-refractivity contribution in [3.05, 3.63) is 53.3 Å². The van der Waals surface area contributed by atoms with Crippen LogP contribution in [0.25, 0.3) is 11.0 Å². The molecule has 0 spiro atoms. The number of rotatable bonds is 5. The Kier molecular flexibility index (Phi) is 5.48. The summed E-state index contributed by atoms with van der Waals surface area (Å²) in [4.78, 5) is 26.5. The molecule has 1 saturated carbocycles. The monoisotopic (exact) mass is 409 g/mol. The molecule has 4 rings (SSSR count). The minimum Gasteiger partial charge on any atom is -0.332 e. The van der Waals surface area contributed by atoms with Gasteiger partial charge in [0.1, 0.15) is 11.3 Å². The number of amides is 2. The third-order valence-electron chi connectivity index (χ3n) is 5.58.